The highest BCUT2D eigenvalue weighted by Crippen LogP contribution is 2.28. The zero-order valence-electron chi connectivity index (χ0n) is 9.77. The number of carbonyl (C=O) groups is 1. The lowest BCUT2D eigenvalue weighted by Gasteiger charge is -2.07. The average molecular weight is 280 g/mol. The van der Waals surface area contributed by atoms with Crippen molar-refractivity contribution in [2.24, 2.45) is 0 Å². The molecule has 98 valence electrons. The minimum absolute atomic E-state index is 0.0444. The largest absolute Gasteiger partial charge is 0.478 e. The first-order valence-corrected chi connectivity index (χ1v) is 6.46. The molecule has 5 heteroatoms. The molecule has 0 unspecified atom stereocenters. The number of benzene rings is 2. The lowest BCUT2D eigenvalue weighted by molar-refractivity contribution is 0.0693. The van der Waals surface area contributed by atoms with E-state index in [0.717, 1.165) is 11.8 Å². The molecular weight excluding hydrogens is 270 g/mol. The highest BCUT2D eigenvalue weighted by atomic mass is 32.2. The molecule has 2 aromatic rings. The van der Waals surface area contributed by atoms with Crippen LogP contribution in [0.15, 0.2) is 47.4 Å². The summed E-state index contributed by atoms with van der Waals surface area (Å²) < 4.78 is 26.9. The standard InChI is InChI=1S/C14H10F2O2S/c15-11-5-3-6-12(16)10(11)8-19-13-7-2-1-4-9(13)14(17)18/h1-7H,8H2,(H,17,18). The quantitative estimate of drug-likeness (QED) is 0.861. The van der Waals surface area contributed by atoms with Gasteiger partial charge in [-0.3, -0.25) is 0 Å². The highest BCUT2D eigenvalue weighted by molar-refractivity contribution is 7.98. The lowest BCUT2D eigenvalue weighted by atomic mass is 10.2. The fourth-order valence-corrected chi connectivity index (χ4v) is 2.65. The van der Waals surface area contributed by atoms with Gasteiger partial charge in [0.05, 0.1) is 5.56 Å². The molecule has 1 N–H and O–H groups in total. The van der Waals surface area contributed by atoms with Crippen LogP contribution in [0.4, 0.5) is 8.78 Å². The lowest BCUT2D eigenvalue weighted by Crippen LogP contribution is -1.99. The van der Waals surface area contributed by atoms with Gasteiger partial charge in [-0.05, 0) is 24.3 Å². The highest BCUT2D eigenvalue weighted by Gasteiger charge is 2.12. The van der Waals surface area contributed by atoms with Crippen molar-refractivity contribution in [2.75, 3.05) is 0 Å². The van der Waals surface area contributed by atoms with E-state index in [1.54, 1.807) is 18.2 Å². The van der Waals surface area contributed by atoms with Gasteiger partial charge in [0.25, 0.3) is 0 Å². The first-order valence-electron chi connectivity index (χ1n) is 5.47. The van der Waals surface area contributed by atoms with Gasteiger partial charge in [0.1, 0.15) is 11.6 Å². The Hall–Kier alpha value is -1.88. The number of thioether (sulfide) groups is 1. The monoisotopic (exact) mass is 280 g/mol. The van der Waals surface area contributed by atoms with E-state index in [1.165, 1.54) is 24.3 Å². The second-order valence-electron chi connectivity index (χ2n) is 3.79. The Labute approximate surface area is 113 Å². The maximum absolute atomic E-state index is 13.4. The van der Waals surface area contributed by atoms with Gasteiger partial charge < -0.3 is 5.11 Å². The van der Waals surface area contributed by atoms with Gasteiger partial charge in [0.2, 0.25) is 0 Å². The van der Waals surface area contributed by atoms with E-state index in [0.29, 0.717) is 4.90 Å². The summed E-state index contributed by atoms with van der Waals surface area (Å²) in [7, 11) is 0. The molecule has 0 fully saturated rings. The van der Waals surface area contributed by atoms with Crippen LogP contribution in [0.3, 0.4) is 0 Å². The Kier molecular flexibility index (Phi) is 4.16. The molecule has 0 saturated carbocycles. The van der Waals surface area contributed by atoms with Crippen LogP contribution in [0, 0.1) is 11.6 Å². The molecule has 2 rings (SSSR count). The van der Waals surface area contributed by atoms with Gasteiger partial charge in [0, 0.05) is 16.2 Å². The number of hydrogen-bond donors (Lipinski definition) is 1. The van der Waals surface area contributed by atoms with Crippen LogP contribution in [0.5, 0.6) is 0 Å². The molecule has 0 radical (unpaired) electrons. The maximum Gasteiger partial charge on any atom is 0.336 e. The number of carboxylic acid groups (broad SMARTS) is 1. The average Bonchev–Trinajstić information content (AvgIpc) is 2.38. The van der Waals surface area contributed by atoms with Crippen molar-refractivity contribution in [1.82, 2.24) is 0 Å². The smallest absolute Gasteiger partial charge is 0.336 e. The van der Waals surface area contributed by atoms with Gasteiger partial charge >= 0.3 is 5.97 Å². The van der Waals surface area contributed by atoms with Crippen LogP contribution in [0.2, 0.25) is 0 Å². The summed E-state index contributed by atoms with van der Waals surface area (Å²) in [6, 6.07) is 10.0. The molecule has 0 heterocycles. The number of aromatic carboxylic acids is 1. The number of rotatable bonds is 4. The summed E-state index contributed by atoms with van der Waals surface area (Å²) >= 11 is 1.10. The van der Waals surface area contributed by atoms with Crippen LogP contribution in [-0.2, 0) is 5.75 Å². The van der Waals surface area contributed by atoms with Gasteiger partial charge in [-0.15, -0.1) is 11.8 Å². The van der Waals surface area contributed by atoms with Crippen molar-refractivity contribution in [1.29, 1.82) is 0 Å². The second kappa shape index (κ2) is 5.84. The van der Waals surface area contributed by atoms with Gasteiger partial charge in [-0.1, -0.05) is 18.2 Å². The summed E-state index contributed by atoms with van der Waals surface area (Å²) in [5, 5.41) is 9.01. The van der Waals surface area contributed by atoms with Gasteiger partial charge in [0.15, 0.2) is 0 Å². The summed E-state index contributed by atoms with van der Waals surface area (Å²) in [6.45, 7) is 0. The fourth-order valence-electron chi connectivity index (χ4n) is 1.59. The Morgan fingerprint density at radius 2 is 1.68 bits per heavy atom. The molecule has 0 aromatic heterocycles. The molecule has 0 bridgehead atoms. The minimum Gasteiger partial charge on any atom is -0.478 e. The molecule has 2 nitrogen and oxygen atoms in total. The molecule has 0 aliphatic heterocycles. The number of halogens is 2. The van der Waals surface area contributed by atoms with Crippen LogP contribution >= 0.6 is 11.8 Å². The Bertz CT molecular complexity index is 594. The van der Waals surface area contributed by atoms with E-state index < -0.39 is 17.6 Å². The first-order chi connectivity index (χ1) is 9.09. The first kappa shape index (κ1) is 13.5. The van der Waals surface area contributed by atoms with Crippen molar-refractivity contribution in [3.05, 3.63) is 65.2 Å². The van der Waals surface area contributed by atoms with Crippen molar-refractivity contribution < 1.29 is 18.7 Å². The molecule has 0 amide bonds. The topological polar surface area (TPSA) is 37.3 Å². The summed E-state index contributed by atoms with van der Waals surface area (Å²) in [5.41, 5.74) is 0.0805. The predicted octanol–water partition coefficient (Wildman–Crippen LogP) is 3.96. The number of carboxylic acids is 1. The normalized spacial score (nSPS) is 10.4. The van der Waals surface area contributed by atoms with Crippen molar-refractivity contribution in [3.63, 3.8) is 0 Å². The summed E-state index contributed by atoms with van der Waals surface area (Å²) in [4.78, 5) is 11.5. The van der Waals surface area contributed by atoms with Crippen LogP contribution in [0.1, 0.15) is 15.9 Å². The molecular formula is C14H10F2O2S. The van der Waals surface area contributed by atoms with Crippen LogP contribution in [0.25, 0.3) is 0 Å². The zero-order chi connectivity index (χ0) is 13.8. The predicted molar refractivity (Wildman–Crippen MR) is 69.3 cm³/mol. The summed E-state index contributed by atoms with van der Waals surface area (Å²) in [5.74, 6) is -2.26. The van der Waals surface area contributed by atoms with Crippen molar-refractivity contribution in [3.8, 4) is 0 Å². The Balaban J connectivity index is 2.22. The molecule has 0 atom stereocenters. The molecule has 0 aliphatic rings. The van der Waals surface area contributed by atoms with Gasteiger partial charge in [-0.2, -0.15) is 0 Å². The molecule has 0 spiro atoms. The Morgan fingerprint density at radius 3 is 2.32 bits per heavy atom. The third-order valence-electron chi connectivity index (χ3n) is 2.55. The maximum atomic E-state index is 13.4. The molecule has 2 aromatic carbocycles. The number of hydrogen-bond acceptors (Lipinski definition) is 2. The van der Waals surface area contributed by atoms with Crippen molar-refractivity contribution in [2.45, 2.75) is 10.6 Å². The molecule has 0 aliphatic carbocycles. The van der Waals surface area contributed by atoms with Crippen molar-refractivity contribution >= 4 is 17.7 Å². The van der Waals surface area contributed by atoms with E-state index in [1.807, 2.05) is 0 Å². The molecule has 0 saturated heterocycles. The van der Waals surface area contributed by atoms with E-state index in [-0.39, 0.29) is 16.9 Å². The van der Waals surface area contributed by atoms with Crippen LogP contribution in [-0.4, -0.2) is 11.1 Å². The Morgan fingerprint density at radius 1 is 1.05 bits per heavy atom. The van der Waals surface area contributed by atoms with E-state index >= 15 is 0 Å². The van der Waals surface area contributed by atoms with E-state index in [2.05, 4.69) is 0 Å². The fraction of sp³-hybridized carbons (Fsp3) is 0.0714. The summed E-state index contributed by atoms with van der Waals surface area (Å²) in [6.07, 6.45) is 0. The minimum atomic E-state index is -1.06. The van der Waals surface area contributed by atoms with Gasteiger partial charge in [-0.25, -0.2) is 13.6 Å². The van der Waals surface area contributed by atoms with E-state index in [9.17, 15) is 13.6 Å². The van der Waals surface area contributed by atoms with E-state index in [4.69, 9.17) is 5.11 Å². The zero-order valence-corrected chi connectivity index (χ0v) is 10.6. The SMILES string of the molecule is O=C(O)c1ccccc1SCc1c(F)cccc1F. The van der Waals surface area contributed by atoms with Crippen LogP contribution < -0.4 is 0 Å². The third kappa shape index (κ3) is 3.12. The second-order valence-corrected chi connectivity index (χ2v) is 4.81. The molecule has 19 heavy (non-hydrogen) atoms. The third-order valence-corrected chi connectivity index (χ3v) is 3.65.